The van der Waals surface area contributed by atoms with Crippen molar-refractivity contribution in [1.29, 1.82) is 0 Å². The minimum absolute atomic E-state index is 0.0375. The summed E-state index contributed by atoms with van der Waals surface area (Å²) < 4.78 is 34.6. The summed E-state index contributed by atoms with van der Waals surface area (Å²) in [5.41, 5.74) is -0.0375. The number of likely N-dealkylation sites (N-methyl/N-ethyl adjacent to an activating group) is 1. The van der Waals surface area contributed by atoms with E-state index in [9.17, 15) is 18.0 Å². The van der Waals surface area contributed by atoms with Gasteiger partial charge >= 0.3 is 5.97 Å². The second kappa shape index (κ2) is 9.05. The number of halogens is 1. The average molecular weight is 392 g/mol. The molecule has 1 aromatic rings. The molecule has 0 spiro atoms. The van der Waals surface area contributed by atoms with Crippen molar-refractivity contribution >= 4 is 33.3 Å². The van der Waals surface area contributed by atoms with E-state index in [4.69, 9.17) is 16.3 Å². The summed E-state index contributed by atoms with van der Waals surface area (Å²) in [6.07, 6.45) is 0. The lowest BCUT2D eigenvalue weighted by Crippen LogP contribution is -2.34. The van der Waals surface area contributed by atoms with Crippen LogP contribution in [0, 0.1) is 0 Å². The van der Waals surface area contributed by atoms with Crippen LogP contribution >= 0.6 is 11.6 Å². The van der Waals surface area contributed by atoms with Crippen molar-refractivity contribution in [2.24, 2.45) is 0 Å². The fourth-order valence-electron chi connectivity index (χ4n) is 2.14. The van der Waals surface area contributed by atoms with Crippen molar-refractivity contribution in [3.63, 3.8) is 0 Å². The van der Waals surface area contributed by atoms with E-state index in [-0.39, 0.29) is 32.9 Å². The second-order valence-corrected chi connectivity index (χ2v) is 7.63. The zero-order valence-electron chi connectivity index (χ0n) is 14.7. The van der Waals surface area contributed by atoms with Gasteiger partial charge in [-0.05, 0) is 26.0 Å². The van der Waals surface area contributed by atoms with Crippen molar-refractivity contribution in [2.75, 3.05) is 32.6 Å². The molecule has 0 radical (unpaired) electrons. The van der Waals surface area contributed by atoms with E-state index < -0.39 is 22.4 Å². The van der Waals surface area contributed by atoms with Crippen LogP contribution in [0.1, 0.15) is 31.1 Å². The van der Waals surface area contributed by atoms with Crippen LogP contribution < -0.4 is 4.74 Å². The Kier molecular flexibility index (Phi) is 7.69. The predicted molar refractivity (Wildman–Crippen MR) is 93.9 cm³/mol. The third-order valence-electron chi connectivity index (χ3n) is 3.64. The third-order valence-corrected chi connectivity index (χ3v) is 5.76. The van der Waals surface area contributed by atoms with Gasteiger partial charge in [-0.1, -0.05) is 18.5 Å². The third kappa shape index (κ3) is 4.85. The largest absolute Gasteiger partial charge is 0.481 e. The molecule has 0 unspecified atom stereocenters. The molecule has 9 heteroatoms. The van der Waals surface area contributed by atoms with E-state index in [1.165, 1.54) is 31.1 Å². The molecular formula is C16H22ClNO6S. The lowest BCUT2D eigenvalue weighted by Gasteiger charge is -2.20. The van der Waals surface area contributed by atoms with Gasteiger partial charge in [-0.25, -0.2) is 13.2 Å². The summed E-state index contributed by atoms with van der Waals surface area (Å²) in [6, 6.07) is 2.49. The van der Waals surface area contributed by atoms with Crippen LogP contribution in [0.2, 0.25) is 5.02 Å². The zero-order chi connectivity index (χ0) is 19.2. The summed E-state index contributed by atoms with van der Waals surface area (Å²) in [7, 11) is -2.49. The van der Waals surface area contributed by atoms with E-state index >= 15 is 0 Å². The molecule has 0 heterocycles. The number of amides is 1. The molecule has 140 valence electrons. The van der Waals surface area contributed by atoms with E-state index in [0.29, 0.717) is 13.1 Å². The summed E-state index contributed by atoms with van der Waals surface area (Å²) in [4.78, 5) is 25.2. The average Bonchev–Trinajstić information content (AvgIpc) is 2.60. The van der Waals surface area contributed by atoms with Gasteiger partial charge in [-0.2, -0.15) is 0 Å². The molecule has 0 aromatic heterocycles. The first-order chi connectivity index (χ1) is 11.7. The smallest absolute Gasteiger partial charge is 0.339 e. The number of methoxy groups -OCH3 is 1. The highest BCUT2D eigenvalue weighted by atomic mass is 35.5. The molecular weight excluding hydrogens is 370 g/mol. The summed E-state index contributed by atoms with van der Waals surface area (Å²) in [5, 5.41) is -0.200. The topological polar surface area (TPSA) is 90.0 Å². The van der Waals surface area contributed by atoms with Crippen LogP contribution in [0.3, 0.4) is 0 Å². The molecule has 0 aliphatic carbocycles. The quantitative estimate of drug-likeness (QED) is 0.631. The van der Waals surface area contributed by atoms with Crippen LogP contribution in [0.5, 0.6) is 5.75 Å². The molecule has 0 aliphatic rings. The van der Waals surface area contributed by atoms with Crippen molar-refractivity contribution in [3.8, 4) is 5.75 Å². The molecule has 0 saturated heterocycles. The maximum absolute atomic E-state index is 12.3. The Labute approximate surface area is 152 Å². The van der Waals surface area contributed by atoms with Crippen molar-refractivity contribution in [1.82, 2.24) is 4.90 Å². The van der Waals surface area contributed by atoms with Gasteiger partial charge in [0.05, 0.1) is 23.4 Å². The normalized spacial score (nSPS) is 11.1. The van der Waals surface area contributed by atoms with Crippen LogP contribution in [0.15, 0.2) is 17.0 Å². The Morgan fingerprint density at radius 1 is 1.16 bits per heavy atom. The molecule has 7 nitrogen and oxygen atoms in total. The SMILES string of the molecule is CCN(CC)C(=O)COc1c(S(=O)(=O)CC)ccc(C(=O)OC)c1Cl. The minimum atomic E-state index is -3.67. The molecule has 0 saturated carbocycles. The van der Waals surface area contributed by atoms with E-state index in [1.807, 2.05) is 13.8 Å². The Hall–Kier alpha value is -1.80. The highest BCUT2D eigenvalue weighted by molar-refractivity contribution is 7.91. The van der Waals surface area contributed by atoms with Gasteiger partial charge in [0.2, 0.25) is 0 Å². The highest BCUT2D eigenvalue weighted by Crippen LogP contribution is 2.36. The van der Waals surface area contributed by atoms with Crippen molar-refractivity contribution in [3.05, 3.63) is 22.7 Å². The van der Waals surface area contributed by atoms with Gasteiger partial charge in [0.1, 0.15) is 4.90 Å². The molecule has 0 N–H and O–H groups in total. The number of ether oxygens (including phenoxy) is 2. The number of rotatable bonds is 8. The lowest BCUT2D eigenvalue weighted by atomic mass is 10.2. The van der Waals surface area contributed by atoms with Crippen molar-refractivity contribution in [2.45, 2.75) is 25.7 Å². The summed E-state index contributed by atoms with van der Waals surface area (Å²) in [5.74, 6) is -1.44. The van der Waals surface area contributed by atoms with Crippen molar-refractivity contribution < 1.29 is 27.5 Å². The monoisotopic (exact) mass is 391 g/mol. The molecule has 0 bridgehead atoms. The molecule has 0 aliphatic heterocycles. The summed E-state index contributed by atoms with van der Waals surface area (Å²) >= 11 is 6.17. The van der Waals surface area contributed by atoms with Crippen LogP contribution in [-0.4, -0.2) is 57.8 Å². The minimum Gasteiger partial charge on any atom is -0.481 e. The molecule has 1 rings (SSSR count). The van der Waals surface area contributed by atoms with Gasteiger partial charge in [0.15, 0.2) is 22.2 Å². The van der Waals surface area contributed by atoms with Crippen LogP contribution in [0.25, 0.3) is 0 Å². The number of nitrogens with zero attached hydrogens (tertiary/aromatic N) is 1. The molecule has 25 heavy (non-hydrogen) atoms. The van der Waals surface area contributed by atoms with Gasteiger partial charge < -0.3 is 14.4 Å². The van der Waals surface area contributed by atoms with Gasteiger partial charge in [0, 0.05) is 13.1 Å². The van der Waals surface area contributed by atoms with Gasteiger partial charge in [0.25, 0.3) is 5.91 Å². The lowest BCUT2D eigenvalue weighted by molar-refractivity contribution is -0.133. The predicted octanol–water partition coefficient (Wildman–Crippen LogP) is 2.17. The van der Waals surface area contributed by atoms with Crippen LogP contribution in [0.4, 0.5) is 0 Å². The van der Waals surface area contributed by atoms with Crippen LogP contribution in [-0.2, 0) is 19.4 Å². The second-order valence-electron chi connectivity index (χ2n) is 5.00. The van der Waals surface area contributed by atoms with Gasteiger partial charge in [-0.15, -0.1) is 0 Å². The molecule has 1 amide bonds. The number of hydrogen-bond donors (Lipinski definition) is 0. The van der Waals surface area contributed by atoms with E-state index in [1.54, 1.807) is 0 Å². The Morgan fingerprint density at radius 3 is 2.24 bits per heavy atom. The number of esters is 1. The molecule has 0 atom stereocenters. The first-order valence-electron chi connectivity index (χ1n) is 7.77. The van der Waals surface area contributed by atoms with Gasteiger partial charge in [-0.3, -0.25) is 4.79 Å². The Bertz CT molecular complexity index is 743. The zero-order valence-corrected chi connectivity index (χ0v) is 16.2. The standard InChI is InChI=1S/C16H22ClNO6S/c1-5-18(6-2)13(19)10-24-15-12(25(21,22)7-3)9-8-11(14(15)17)16(20)23-4/h8-9H,5-7,10H2,1-4H3. The first kappa shape index (κ1) is 21.2. The first-order valence-corrected chi connectivity index (χ1v) is 9.80. The van der Waals surface area contributed by atoms with E-state index in [0.717, 1.165) is 0 Å². The number of hydrogen-bond acceptors (Lipinski definition) is 6. The number of benzene rings is 1. The fourth-order valence-corrected chi connectivity index (χ4v) is 3.52. The number of carbonyl (C=O) groups is 2. The maximum Gasteiger partial charge on any atom is 0.339 e. The fraction of sp³-hybridized carbons (Fsp3) is 0.500. The Morgan fingerprint density at radius 2 is 1.76 bits per heavy atom. The van der Waals surface area contributed by atoms with E-state index in [2.05, 4.69) is 4.74 Å². The maximum atomic E-state index is 12.3. The molecule has 0 fully saturated rings. The number of sulfone groups is 1. The Balaban J connectivity index is 3.33. The molecule has 1 aromatic carbocycles. The highest BCUT2D eigenvalue weighted by Gasteiger charge is 2.26. The number of carbonyl (C=O) groups excluding carboxylic acids is 2. The summed E-state index contributed by atoms with van der Waals surface area (Å²) in [6.45, 7) is 5.71.